The first-order chi connectivity index (χ1) is 9.69. The van der Waals surface area contributed by atoms with Crippen LogP contribution in [0.5, 0.6) is 0 Å². The molecule has 20 heavy (non-hydrogen) atoms. The number of thiazole rings is 1. The molecule has 0 aliphatic heterocycles. The van der Waals surface area contributed by atoms with Crippen molar-refractivity contribution in [1.29, 1.82) is 0 Å². The van der Waals surface area contributed by atoms with Crippen LogP contribution in [-0.2, 0) is 12.8 Å². The van der Waals surface area contributed by atoms with E-state index in [1.165, 1.54) is 51.5 Å². The highest BCUT2D eigenvalue weighted by atomic mass is 32.1. The summed E-state index contributed by atoms with van der Waals surface area (Å²) in [5.41, 5.74) is 5.36. The summed E-state index contributed by atoms with van der Waals surface area (Å²) >= 11 is 1.90. The number of hydrogen-bond acceptors (Lipinski definition) is 3. The Balaban J connectivity index is 2.01. The summed E-state index contributed by atoms with van der Waals surface area (Å²) in [7, 11) is 2.03. The second kappa shape index (κ2) is 5.66. The van der Waals surface area contributed by atoms with Crippen LogP contribution in [0.3, 0.4) is 0 Å². The zero-order valence-corrected chi connectivity index (χ0v) is 13.3. The summed E-state index contributed by atoms with van der Waals surface area (Å²) in [6.07, 6.45) is 5.00. The van der Waals surface area contributed by atoms with Gasteiger partial charge in [-0.1, -0.05) is 23.8 Å². The Labute approximate surface area is 125 Å². The Bertz CT molecular complexity index is 592. The number of fused-ring (bicyclic) bond motifs is 1. The largest absolute Gasteiger partial charge is 0.307 e. The summed E-state index contributed by atoms with van der Waals surface area (Å²) < 4.78 is 0. The van der Waals surface area contributed by atoms with E-state index in [0.29, 0.717) is 0 Å². The van der Waals surface area contributed by atoms with Crippen LogP contribution < -0.4 is 5.32 Å². The number of aromatic nitrogens is 1. The third-order valence-electron chi connectivity index (χ3n) is 4.14. The molecule has 0 fully saturated rings. The van der Waals surface area contributed by atoms with Gasteiger partial charge in [-0.25, -0.2) is 4.98 Å². The Kier molecular flexibility index (Phi) is 3.90. The molecule has 0 saturated carbocycles. The van der Waals surface area contributed by atoms with Gasteiger partial charge < -0.3 is 5.32 Å². The minimum absolute atomic E-state index is 0.227. The smallest absolute Gasteiger partial charge is 0.115 e. The maximum atomic E-state index is 4.93. The maximum absolute atomic E-state index is 4.93. The molecule has 3 rings (SSSR count). The average Bonchev–Trinajstić information content (AvgIpc) is 2.87. The van der Waals surface area contributed by atoms with E-state index in [1.54, 1.807) is 0 Å². The van der Waals surface area contributed by atoms with E-state index in [9.17, 15) is 0 Å². The normalized spacial score (nSPS) is 15.9. The Hall–Kier alpha value is -1.19. The topological polar surface area (TPSA) is 24.9 Å². The van der Waals surface area contributed by atoms with Crippen molar-refractivity contribution < 1.29 is 0 Å². The molecule has 1 aliphatic carbocycles. The van der Waals surface area contributed by atoms with E-state index in [-0.39, 0.29) is 6.04 Å². The van der Waals surface area contributed by atoms with Crippen LogP contribution in [0.25, 0.3) is 0 Å². The molecule has 1 N–H and O–H groups in total. The molecule has 0 bridgehead atoms. The molecule has 1 unspecified atom stereocenters. The molecule has 2 aromatic rings. The van der Waals surface area contributed by atoms with Crippen LogP contribution >= 0.6 is 11.3 Å². The van der Waals surface area contributed by atoms with Crippen LogP contribution in [0.1, 0.15) is 51.2 Å². The summed E-state index contributed by atoms with van der Waals surface area (Å²) in [4.78, 5) is 6.44. The first-order valence-corrected chi connectivity index (χ1v) is 8.23. The molecule has 1 aromatic heterocycles. The lowest BCUT2D eigenvalue weighted by molar-refractivity contribution is 0.659. The van der Waals surface area contributed by atoms with Crippen molar-refractivity contribution in [2.45, 2.75) is 45.6 Å². The predicted molar refractivity (Wildman–Crippen MR) is 85.6 cm³/mol. The molecule has 0 saturated heterocycles. The Morgan fingerprint density at radius 1 is 1.20 bits per heavy atom. The van der Waals surface area contributed by atoms with Gasteiger partial charge in [-0.3, -0.25) is 0 Å². The number of hydrogen-bond donors (Lipinski definition) is 1. The summed E-state index contributed by atoms with van der Waals surface area (Å²) in [5, 5.41) is 4.69. The van der Waals surface area contributed by atoms with Gasteiger partial charge in [0.1, 0.15) is 5.01 Å². The number of rotatable bonds is 3. The molecule has 1 aliphatic rings. The second-order valence-corrected chi connectivity index (χ2v) is 6.83. The minimum atomic E-state index is 0.227. The van der Waals surface area contributed by atoms with Crippen molar-refractivity contribution in [3.05, 3.63) is 50.5 Å². The molecule has 1 aromatic carbocycles. The van der Waals surface area contributed by atoms with Crippen molar-refractivity contribution in [3.63, 3.8) is 0 Å². The van der Waals surface area contributed by atoms with Gasteiger partial charge in [0.25, 0.3) is 0 Å². The number of aryl methyl sites for hydroxylation is 4. The molecule has 1 heterocycles. The highest BCUT2D eigenvalue weighted by molar-refractivity contribution is 7.11. The van der Waals surface area contributed by atoms with Gasteiger partial charge in [0.15, 0.2) is 0 Å². The van der Waals surface area contributed by atoms with Crippen molar-refractivity contribution >= 4 is 11.3 Å². The molecule has 106 valence electrons. The summed E-state index contributed by atoms with van der Waals surface area (Å²) in [5.74, 6) is 0. The van der Waals surface area contributed by atoms with Crippen LogP contribution in [0.15, 0.2) is 18.2 Å². The van der Waals surface area contributed by atoms with E-state index in [4.69, 9.17) is 4.98 Å². The Morgan fingerprint density at radius 2 is 2.00 bits per heavy atom. The van der Waals surface area contributed by atoms with Crippen LogP contribution in [-0.4, -0.2) is 12.0 Å². The second-order valence-electron chi connectivity index (χ2n) is 5.71. The van der Waals surface area contributed by atoms with Gasteiger partial charge in [0.05, 0.1) is 11.7 Å². The molecule has 1 atom stereocenters. The molecule has 0 spiro atoms. The standard InChI is InChI=1S/C17H22N2S/c1-11-8-9-12(2)13(10-11)16(18-3)17-19-14-6-4-5-7-15(14)20-17/h8-10,16,18H,4-7H2,1-3H3. The summed E-state index contributed by atoms with van der Waals surface area (Å²) in [6.45, 7) is 4.34. The summed E-state index contributed by atoms with van der Waals surface area (Å²) in [6, 6.07) is 6.91. The Morgan fingerprint density at radius 3 is 2.75 bits per heavy atom. The highest BCUT2D eigenvalue weighted by Crippen LogP contribution is 2.33. The molecular formula is C17H22N2S. The molecule has 0 amide bonds. The van der Waals surface area contributed by atoms with Crippen molar-refractivity contribution in [1.82, 2.24) is 10.3 Å². The van der Waals surface area contributed by atoms with Gasteiger partial charge in [-0.2, -0.15) is 0 Å². The van der Waals surface area contributed by atoms with E-state index < -0.39 is 0 Å². The van der Waals surface area contributed by atoms with Gasteiger partial charge in [-0.05, 0) is 57.7 Å². The van der Waals surface area contributed by atoms with E-state index in [0.717, 1.165) is 6.42 Å². The zero-order valence-electron chi connectivity index (χ0n) is 12.5. The van der Waals surface area contributed by atoms with Crippen molar-refractivity contribution in [2.24, 2.45) is 0 Å². The van der Waals surface area contributed by atoms with Crippen LogP contribution in [0.2, 0.25) is 0 Å². The monoisotopic (exact) mass is 286 g/mol. The number of benzene rings is 1. The third kappa shape index (κ3) is 2.52. The third-order valence-corrected chi connectivity index (χ3v) is 5.37. The minimum Gasteiger partial charge on any atom is -0.307 e. The first kappa shape index (κ1) is 13.8. The lowest BCUT2D eigenvalue weighted by Crippen LogP contribution is -2.18. The molecule has 2 nitrogen and oxygen atoms in total. The highest BCUT2D eigenvalue weighted by Gasteiger charge is 2.22. The van der Waals surface area contributed by atoms with Gasteiger partial charge >= 0.3 is 0 Å². The van der Waals surface area contributed by atoms with E-state index in [2.05, 4.69) is 37.4 Å². The van der Waals surface area contributed by atoms with Gasteiger partial charge in [0.2, 0.25) is 0 Å². The lowest BCUT2D eigenvalue weighted by atomic mass is 9.99. The first-order valence-electron chi connectivity index (χ1n) is 7.42. The van der Waals surface area contributed by atoms with Gasteiger partial charge in [-0.15, -0.1) is 11.3 Å². The zero-order chi connectivity index (χ0) is 14.1. The molecular weight excluding hydrogens is 264 g/mol. The number of nitrogens with one attached hydrogen (secondary N) is 1. The number of nitrogens with zero attached hydrogens (tertiary/aromatic N) is 1. The average molecular weight is 286 g/mol. The van der Waals surface area contributed by atoms with E-state index in [1.807, 2.05) is 18.4 Å². The molecule has 3 heteroatoms. The van der Waals surface area contributed by atoms with Crippen LogP contribution in [0.4, 0.5) is 0 Å². The maximum Gasteiger partial charge on any atom is 0.115 e. The fourth-order valence-corrected chi connectivity index (χ4v) is 4.26. The SMILES string of the molecule is CNC(c1nc2c(s1)CCCC2)c1cc(C)ccc1C. The van der Waals surface area contributed by atoms with Crippen LogP contribution in [0, 0.1) is 13.8 Å². The van der Waals surface area contributed by atoms with Crippen molar-refractivity contribution in [2.75, 3.05) is 7.05 Å². The lowest BCUT2D eigenvalue weighted by Gasteiger charge is -2.17. The van der Waals surface area contributed by atoms with Gasteiger partial charge in [0, 0.05) is 4.88 Å². The molecule has 0 radical (unpaired) electrons. The fraction of sp³-hybridized carbons (Fsp3) is 0.471. The van der Waals surface area contributed by atoms with Crippen molar-refractivity contribution in [3.8, 4) is 0 Å². The van der Waals surface area contributed by atoms with E-state index >= 15 is 0 Å². The fourth-order valence-electron chi connectivity index (χ4n) is 2.98. The predicted octanol–water partition coefficient (Wildman–Crippen LogP) is 3.95. The quantitative estimate of drug-likeness (QED) is 0.924.